The molecule has 0 saturated carbocycles. The maximum atomic E-state index is 12.2. The largest absolute Gasteiger partial charge is 0.432 e. The molecule has 2 aromatic rings. The van der Waals surface area contributed by atoms with E-state index in [0.717, 1.165) is 5.69 Å². The maximum absolute atomic E-state index is 12.2. The van der Waals surface area contributed by atoms with Crippen LogP contribution in [0, 0.1) is 6.92 Å². The van der Waals surface area contributed by atoms with E-state index in [2.05, 4.69) is 10.3 Å². The Hall–Kier alpha value is -2.50. The molecular formula is C13H16N4O2. The van der Waals surface area contributed by atoms with E-state index in [9.17, 15) is 4.79 Å². The molecule has 6 heteroatoms. The number of oxazole rings is 1. The third-order valence-corrected chi connectivity index (χ3v) is 2.59. The van der Waals surface area contributed by atoms with Crippen molar-refractivity contribution < 1.29 is 9.21 Å². The van der Waals surface area contributed by atoms with Crippen LogP contribution in [0.15, 0.2) is 28.9 Å². The summed E-state index contributed by atoms with van der Waals surface area (Å²) >= 11 is 0. The Morgan fingerprint density at radius 2 is 2.16 bits per heavy atom. The number of aryl methyl sites for hydroxylation is 1. The molecule has 1 aromatic carbocycles. The highest BCUT2D eigenvalue weighted by Gasteiger charge is 2.15. The molecule has 0 spiro atoms. The quantitative estimate of drug-likeness (QED) is 0.823. The summed E-state index contributed by atoms with van der Waals surface area (Å²) in [6.45, 7) is 1.78. The molecular weight excluding hydrogens is 244 g/mol. The molecule has 1 aromatic heterocycles. The Balaban J connectivity index is 2.30. The molecule has 6 nitrogen and oxygen atoms in total. The number of anilines is 3. The van der Waals surface area contributed by atoms with Gasteiger partial charge in [-0.3, -0.25) is 10.1 Å². The first-order valence-corrected chi connectivity index (χ1v) is 5.77. The first-order chi connectivity index (χ1) is 8.97. The molecule has 0 unspecified atom stereocenters. The molecule has 1 amide bonds. The summed E-state index contributed by atoms with van der Waals surface area (Å²) in [6, 6.07) is 5.35. The van der Waals surface area contributed by atoms with Crippen LogP contribution in [-0.4, -0.2) is 25.0 Å². The van der Waals surface area contributed by atoms with Crippen LogP contribution in [0.3, 0.4) is 0 Å². The first kappa shape index (κ1) is 12.9. The van der Waals surface area contributed by atoms with Crippen LogP contribution in [-0.2, 0) is 0 Å². The summed E-state index contributed by atoms with van der Waals surface area (Å²) in [5, 5.41) is 2.60. The van der Waals surface area contributed by atoms with Crippen LogP contribution in [0.25, 0.3) is 0 Å². The van der Waals surface area contributed by atoms with E-state index in [4.69, 9.17) is 10.2 Å². The second-order valence-electron chi connectivity index (χ2n) is 4.42. The molecule has 0 atom stereocenters. The average Bonchev–Trinajstić information content (AvgIpc) is 2.74. The van der Waals surface area contributed by atoms with E-state index in [1.54, 1.807) is 25.1 Å². The van der Waals surface area contributed by atoms with Crippen molar-refractivity contribution in [1.82, 2.24) is 4.98 Å². The van der Waals surface area contributed by atoms with Crippen molar-refractivity contribution in [2.45, 2.75) is 6.92 Å². The standard InChI is InChI=1S/C13H16N4O2/c1-8-7-19-13(15-8)16-12(18)10-6-9(14)4-5-11(10)17(2)3/h4-7H,14H2,1-3H3,(H,15,16,18). The lowest BCUT2D eigenvalue weighted by Gasteiger charge is -2.17. The van der Waals surface area contributed by atoms with Crippen molar-refractivity contribution in [3.05, 3.63) is 35.7 Å². The summed E-state index contributed by atoms with van der Waals surface area (Å²) in [7, 11) is 3.72. The number of amides is 1. The van der Waals surface area contributed by atoms with Gasteiger partial charge in [-0.15, -0.1) is 0 Å². The van der Waals surface area contributed by atoms with Crippen LogP contribution in [0.5, 0.6) is 0 Å². The monoisotopic (exact) mass is 260 g/mol. The van der Waals surface area contributed by atoms with Gasteiger partial charge in [-0.1, -0.05) is 0 Å². The number of nitrogens with zero attached hydrogens (tertiary/aromatic N) is 2. The molecule has 19 heavy (non-hydrogen) atoms. The summed E-state index contributed by atoms with van der Waals surface area (Å²) in [5.74, 6) is -0.308. The van der Waals surface area contributed by atoms with Crippen LogP contribution in [0.2, 0.25) is 0 Å². The topological polar surface area (TPSA) is 84.4 Å². The van der Waals surface area contributed by atoms with E-state index in [0.29, 0.717) is 16.9 Å². The number of nitrogens with two attached hydrogens (primary N) is 1. The molecule has 1 heterocycles. The van der Waals surface area contributed by atoms with Crippen LogP contribution in [0.4, 0.5) is 17.4 Å². The number of nitrogen functional groups attached to an aromatic ring is 1. The summed E-state index contributed by atoms with van der Waals surface area (Å²) in [4.78, 5) is 18.1. The van der Waals surface area contributed by atoms with Gasteiger partial charge in [-0.2, -0.15) is 4.98 Å². The van der Waals surface area contributed by atoms with Crippen LogP contribution >= 0.6 is 0 Å². The molecule has 2 rings (SSSR count). The van der Waals surface area contributed by atoms with E-state index in [-0.39, 0.29) is 11.9 Å². The SMILES string of the molecule is Cc1coc(NC(=O)c2cc(N)ccc2N(C)C)n1. The van der Waals surface area contributed by atoms with Gasteiger partial charge >= 0.3 is 6.01 Å². The Bertz CT molecular complexity index is 604. The third kappa shape index (κ3) is 2.85. The Kier molecular flexibility index (Phi) is 3.41. The van der Waals surface area contributed by atoms with Gasteiger partial charge in [-0.25, -0.2) is 0 Å². The van der Waals surface area contributed by atoms with E-state index in [1.165, 1.54) is 6.26 Å². The predicted molar refractivity (Wildman–Crippen MR) is 74.4 cm³/mol. The summed E-state index contributed by atoms with van der Waals surface area (Å²) in [5.41, 5.74) is 8.20. The zero-order chi connectivity index (χ0) is 14.0. The lowest BCUT2D eigenvalue weighted by Crippen LogP contribution is -2.19. The van der Waals surface area contributed by atoms with Crippen LogP contribution < -0.4 is 16.0 Å². The normalized spacial score (nSPS) is 10.3. The molecule has 0 fully saturated rings. The van der Waals surface area contributed by atoms with Crippen molar-refractivity contribution in [2.75, 3.05) is 30.0 Å². The minimum absolute atomic E-state index is 0.176. The number of aromatic nitrogens is 1. The highest BCUT2D eigenvalue weighted by atomic mass is 16.4. The van der Waals surface area contributed by atoms with Crippen molar-refractivity contribution >= 4 is 23.3 Å². The number of hydrogen-bond donors (Lipinski definition) is 2. The number of carbonyl (C=O) groups is 1. The summed E-state index contributed by atoms with van der Waals surface area (Å²) < 4.78 is 5.10. The molecule has 0 radical (unpaired) electrons. The zero-order valence-electron chi connectivity index (χ0n) is 11.1. The van der Waals surface area contributed by atoms with Crippen molar-refractivity contribution in [1.29, 1.82) is 0 Å². The lowest BCUT2D eigenvalue weighted by atomic mass is 10.1. The second-order valence-corrected chi connectivity index (χ2v) is 4.42. The van der Waals surface area contributed by atoms with Crippen LogP contribution in [0.1, 0.15) is 16.1 Å². The summed E-state index contributed by atoms with van der Waals surface area (Å²) in [6.07, 6.45) is 1.47. The molecule has 0 aliphatic heterocycles. The lowest BCUT2D eigenvalue weighted by molar-refractivity contribution is 0.102. The molecule has 0 bridgehead atoms. The second kappa shape index (κ2) is 5.01. The van der Waals surface area contributed by atoms with Gasteiger partial charge in [0, 0.05) is 25.5 Å². The number of hydrogen-bond acceptors (Lipinski definition) is 5. The van der Waals surface area contributed by atoms with Gasteiger partial charge in [-0.05, 0) is 25.1 Å². The third-order valence-electron chi connectivity index (χ3n) is 2.59. The Labute approximate surface area is 111 Å². The highest BCUT2D eigenvalue weighted by molar-refractivity contribution is 6.07. The molecule has 0 saturated heterocycles. The van der Waals surface area contributed by atoms with Crippen molar-refractivity contribution in [3.8, 4) is 0 Å². The molecule has 100 valence electrons. The Morgan fingerprint density at radius 1 is 1.42 bits per heavy atom. The van der Waals surface area contributed by atoms with Gasteiger partial charge in [0.1, 0.15) is 6.26 Å². The van der Waals surface area contributed by atoms with E-state index < -0.39 is 0 Å². The highest BCUT2D eigenvalue weighted by Crippen LogP contribution is 2.22. The average molecular weight is 260 g/mol. The van der Waals surface area contributed by atoms with Crippen molar-refractivity contribution in [3.63, 3.8) is 0 Å². The smallest absolute Gasteiger partial charge is 0.301 e. The van der Waals surface area contributed by atoms with E-state index >= 15 is 0 Å². The fraction of sp³-hybridized carbons (Fsp3) is 0.231. The zero-order valence-corrected chi connectivity index (χ0v) is 11.1. The van der Waals surface area contributed by atoms with Crippen molar-refractivity contribution in [2.24, 2.45) is 0 Å². The van der Waals surface area contributed by atoms with Gasteiger partial charge < -0.3 is 15.1 Å². The van der Waals surface area contributed by atoms with Gasteiger partial charge in [0.05, 0.1) is 11.3 Å². The molecule has 0 aliphatic carbocycles. The molecule has 0 aliphatic rings. The van der Waals surface area contributed by atoms with Gasteiger partial charge in [0.2, 0.25) is 0 Å². The number of carbonyl (C=O) groups excluding carboxylic acids is 1. The van der Waals surface area contributed by atoms with E-state index in [1.807, 2.05) is 19.0 Å². The minimum atomic E-state index is -0.308. The predicted octanol–water partition coefficient (Wildman–Crippen LogP) is 1.88. The first-order valence-electron chi connectivity index (χ1n) is 5.77. The maximum Gasteiger partial charge on any atom is 0.301 e. The number of benzene rings is 1. The van der Waals surface area contributed by atoms with Gasteiger partial charge in [0.25, 0.3) is 5.91 Å². The molecule has 3 N–H and O–H groups in total. The fourth-order valence-electron chi connectivity index (χ4n) is 1.70. The Morgan fingerprint density at radius 3 is 2.74 bits per heavy atom. The van der Waals surface area contributed by atoms with Gasteiger partial charge in [0.15, 0.2) is 0 Å². The fourth-order valence-corrected chi connectivity index (χ4v) is 1.70. The minimum Gasteiger partial charge on any atom is -0.432 e. The number of nitrogens with one attached hydrogen (secondary N) is 1. The number of rotatable bonds is 3.